The van der Waals surface area contributed by atoms with E-state index in [9.17, 15) is 9.18 Å². The summed E-state index contributed by atoms with van der Waals surface area (Å²) in [7, 11) is 0. The summed E-state index contributed by atoms with van der Waals surface area (Å²) >= 11 is 1.31. The summed E-state index contributed by atoms with van der Waals surface area (Å²) in [6.07, 6.45) is 0. The van der Waals surface area contributed by atoms with E-state index < -0.39 is 0 Å². The van der Waals surface area contributed by atoms with Crippen LogP contribution >= 0.6 is 11.3 Å². The number of fused-ring (bicyclic) bond motifs is 1. The van der Waals surface area contributed by atoms with Crippen molar-refractivity contribution in [2.75, 3.05) is 13.2 Å². The summed E-state index contributed by atoms with van der Waals surface area (Å²) in [5.74, 6) is -0.600. The van der Waals surface area contributed by atoms with Gasteiger partial charge in [0.25, 0.3) is 5.91 Å². The minimum atomic E-state index is -0.303. The average molecular weight is 372 g/mol. The molecule has 0 saturated carbocycles. The van der Waals surface area contributed by atoms with Gasteiger partial charge < -0.3 is 9.30 Å². The lowest BCUT2D eigenvalue weighted by molar-refractivity contribution is 0.0996. The third-order valence-corrected chi connectivity index (χ3v) is 5.02. The molecule has 0 spiro atoms. The highest BCUT2D eigenvalue weighted by Gasteiger charge is 2.11. The Balaban J connectivity index is 2.08. The summed E-state index contributed by atoms with van der Waals surface area (Å²) < 4.78 is 21.7. The number of hydrogen-bond acceptors (Lipinski definition) is 3. The lowest BCUT2D eigenvalue weighted by Gasteiger charge is -2.05. The molecule has 0 atom stereocenters. The number of carbonyl (C=O) groups is 1. The van der Waals surface area contributed by atoms with Gasteiger partial charge in [-0.3, -0.25) is 4.79 Å². The van der Waals surface area contributed by atoms with E-state index in [-0.39, 0.29) is 11.7 Å². The number of nitrogens with zero attached hydrogens (tertiary/aromatic N) is 2. The zero-order valence-electron chi connectivity index (χ0n) is 15.1. The van der Waals surface area contributed by atoms with E-state index >= 15 is 0 Å². The average Bonchev–Trinajstić information content (AvgIpc) is 2.90. The van der Waals surface area contributed by atoms with Crippen LogP contribution < -0.4 is 4.80 Å². The van der Waals surface area contributed by atoms with Gasteiger partial charge >= 0.3 is 0 Å². The van der Waals surface area contributed by atoms with Crippen molar-refractivity contribution in [2.24, 2.45) is 4.99 Å². The standard InChI is InChI=1S/C20H21FN2O2S/c1-4-25-8-7-23-17-6-5-16(21)12-18(17)26-20(23)22-19(24)15-10-13(2)9-14(3)11-15/h5-6,9-12H,4,7-8H2,1-3H3. The predicted molar refractivity (Wildman–Crippen MR) is 102 cm³/mol. The third kappa shape index (κ3) is 4.08. The quantitative estimate of drug-likeness (QED) is 0.629. The highest BCUT2D eigenvalue weighted by Crippen LogP contribution is 2.19. The Hall–Kier alpha value is -2.31. The fourth-order valence-corrected chi connectivity index (χ4v) is 3.98. The topological polar surface area (TPSA) is 43.6 Å². The first-order chi connectivity index (χ1) is 12.5. The normalized spacial score (nSPS) is 12.1. The number of rotatable bonds is 5. The molecule has 3 rings (SSSR count). The molecule has 3 aromatic rings. The first kappa shape index (κ1) is 18.5. The Morgan fingerprint density at radius 3 is 2.62 bits per heavy atom. The lowest BCUT2D eigenvalue weighted by Crippen LogP contribution is -2.19. The van der Waals surface area contributed by atoms with Gasteiger partial charge in [-0.05, 0) is 51.1 Å². The van der Waals surface area contributed by atoms with Crippen molar-refractivity contribution in [3.8, 4) is 0 Å². The Bertz CT molecular complexity index is 1000. The van der Waals surface area contributed by atoms with Crippen molar-refractivity contribution in [3.05, 3.63) is 63.7 Å². The largest absolute Gasteiger partial charge is 0.380 e. The van der Waals surface area contributed by atoms with Crippen molar-refractivity contribution in [2.45, 2.75) is 27.3 Å². The third-order valence-electron chi connectivity index (χ3n) is 3.97. The minimum absolute atomic E-state index is 0.297. The number of halogens is 1. The van der Waals surface area contributed by atoms with Gasteiger partial charge in [0.15, 0.2) is 4.80 Å². The molecule has 136 valence electrons. The van der Waals surface area contributed by atoms with Crippen LogP contribution in [0.25, 0.3) is 10.2 Å². The van der Waals surface area contributed by atoms with E-state index in [0.29, 0.717) is 30.1 Å². The molecule has 0 fully saturated rings. The van der Waals surface area contributed by atoms with Crippen LogP contribution in [0, 0.1) is 19.7 Å². The van der Waals surface area contributed by atoms with Crippen LogP contribution in [0.5, 0.6) is 0 Å². The van der Waals surface area contributed by atoms with Crippen LogP contribution in [-0.4, -0.2) is 23.7 Å². The van der Waals surface area contributed by atoms with Gasteiger partial charge in [0, 0.05) is 18.7 Å². The molecule has 0 aliphatic heterocycles. The van der Waals surface area contributed by atoms with Gasteiger partial charge in [0.1, 0.15) is 5.82 Å². The summed E-state index contributed by atoms with van der Waals surface area (Å²) in [5, 5.41) is 0. The second-order valence-corrected chi connectivity index (χ2v) is 7.15. The molecule has 0 N–H and O–H groups in total. The fraction of sp³-hybridized carbons (Fsp3) is 0.300. The Morgan fingerprint density at radius 2 is 1.92 bits per heavy atom. The maximum absolute atomic E-state index is 13.6. The van der Waals surface area contributed by atoms with Crippen LogP contribution in [0.3, 0.4) is 0 Å². The maximum atomic E-state index is 13.6. The van der Waals surface area contributed by atoms with Crippen LogP contribution in [0.2, 0.25) is 0 Å². The monoisotopic (exact) mass is 372 g/mol. The van der Waals surface area contributed by atoms with E-state index in [1.165, 1.54) is 23.5 Å². The van der Waals surface area contributed by atoms with Crippen LogP contribution in [0.15, 0.2) is 41.4 Å². The molecule has 0 aliphatic carbocycles. The van der Waals surface area contributed by atoms with Gasteiger partial charge in [-0.2, -0.15) is 4.99 Å². The predicted octanol–water partition coefficient (Wildman–Crippen LogP) is 4.24. The zero-order valence-corrected chi connectivity index (χ0v) is 15.9. The van der Waals surface area contributed by atoms with E-state index in [1.54, 1.807) is 6.07 Å². The number of aryl methyl sites for hydroxylation is 2. The first-order valence-electron chi connectivity index (χ1n) is 8.52. The smallest absolute Gasteiger partial charge is 0.279 e. The molecule has 0 radical (unpaired) electrons. The number of carbonyl (C=O) groups excluding carboxylic acids is 1. The van der Waals surface area contributed by atoms with Crippen molar-refractivity contribution in [1.29, 1.82) is 0 Å². The lowest BCUT2D eigenvalue weighted by atomic mass is 10.1. The number of thiazole rings is 1. The van der Waals surface area contributed by atoms with Gasteiger partial charge in [-0.15, -0.1) is 0 Å². The maximum Gasteiger partial charge on any atom is 0.279 e. The molecular weight excluding hydrogens is 351 g/mol. The van der Waals surface area contributed by atoms with E-state index in [0.717, 1.165) is 21.3 Å². The van der Waals surface area contributed by atoms with Gasteiger partial charge in [0.05, 0.1) is 16.8 Å². The molecule has 2 aromatic carbocycles. The Labute approximate surface area is 155 Å². The SMILES string of the molecule is CCOCCn1c(=NC(=O)c2cc(C)cc(C)c2)sc2cc(F)ccc21. The van der Waals surface area contributed by atoms with E-state index in [1.807, 2.05) is 43.5 Å². The van der Waals surface area contributed by atoms with Crippen molar-refractivity contribution < 1.29 is 13.9 Å². The van der Waals surface area contributed by atoms with Crippen molar-refractivity contribution >= 4 is 27.5 Å². The molecule has 0 unspecified atom stereocenters. The first-order valence-corrected chi connectivity index (χ1v) is 9.33. The molecule has 6 heteroatoms. The molecule has 0 aliphatic rings. The van der Waals surface area contributed by atoms with Crippen molar-refractivity contribution in [1.82, 2.24) is 4.57 Å². The zero-order chi connectivity index (χ0) is 18.7. The summed E-state index contributed by atoms with van der Waals surface area (Å²) in [4.78, 5) is 17.5. The van der Waals surface area contributed by atoms with Crippen LogP contribution in [0.1, 0.15) is 28.4 Å². The number of benzene rings is 2. The second kappa shape index (κ2) is 7.93. The van der Waals surface area contributed by atoms with Crippen LogP contribution in [0.4, 0.5) is 4.39 Å². The molecule has 1 heterocycles. The van der Waals surface area contributed by atoms with Crippen molar-refractivity contribution in [3.63, 3.8) is 0 Å². The number of aromatic nitrogens is 1. The number of hydrogen-bond donors (Lipinski definition) is 0. The molecular formula is C20H21FN2O2S. The molecule has 0 bridgehead atoms. The highest BCUT2D eigenvalue weighted by molar-refractivity contribution is 7.16. The highest BCUT2D eigenvalue weighted by atomic mass is 32.1. The number of ether oxygens (including phenoxy) is 1. The van der Waals surface area contributed by atoms with Gasteiger partial charge in [-0.1, -0.05) is 28.5 Å². The molecule has 1 amide bonds. The summed E-state index contributed by atoms with van der Waals surface area (Å²) in [5.41, 5.74) is 3.45. The van der Waals surface area contributed by atoms with E-state index in [4.69, 9.17) is 4.74 Å². The molecule has 1 aromatic heterocycles. The molecule has 0 saturated heterocycles. The molecule has 4 nitrogen and oxygen atoms in total. The summed E-state index contributed by atoms with van der Waals surface area (Å²) in [6, 6.07) is 10.3. The van der Waals surface area contributed by atoms with Crippen LogP contribution in [-0.2, 0) is 11.3 Å². The van der Waals surface area contributed by atoms with Gasteiger partial charge in [-0.25, -0.2) is 4.39 Å². The molecule has 26 heavy (non-hydrogen) atoms. The minimum Gasteiger partial charge on any atom is -0.380 e. The Morgan fingerprint density at radius 1 is 1.19 bits per heavy atom. The summed E-state index contributed by atoms with van der Waals surface area (Å²) in [6.45, 7) is 7.51. The fourth-order valence-electron chi connectivity index (χ4n) is 2.90. The van der Waals surface area contributed by atoms with Gasteiger partial charge in [0.2, 0.25) is 0 Å². The van der Waals surface area contributed by atoms with E-state index in [2.05, 4.69) is 4.99 Å². The second-order valence-electron chi connectivity index (χ2n) is 6.14. The Kier molecular flexibility index (Phi) is 5.64. The number of amides is 1.